The van der Waals surface area contributed by atoms with Crippen molar-refractivity contribution in [2.24, 2.45) is 7.05 Å². The van der Waals surface area contributed by atoms with Crippen molar-refractivity contribution in [1.82, 2.24) is 20.2 Å². The van der Waals surface area contributed by atoms with Gasteiger partial charge in [0.05, 0.1) is 24.2 Å². The Balaban J connectivity index is 1.86. The van der Waals surface area contributed by atoms with Gasteiger partial charge in [0, 0.05) is 23.8 Å². The van der Waals surface area contributed by atoms with Gasteiger partial charge in [0.1, 0.15) is 0 Å². The molecule has 194 valence electrons. The molecule has 0 fully saturated rings. The Hall–Kier alpha value is -3.02. The molecule has 0 bridgehead atoms. The summed E-state index contributed by atoms with van der Waals surface area (Å²) < 4.78 is 81.7. The maximum atomic E-state index is 13.8. The zero-order valence-electron chi connectivity index (χ0n) is 19.6. The van der Waals surface area contributed by atoms with Crippen LogP contribution in [0.1, 0.15) is 52.3 Å². The fourth-order valence-corrected chi connectivity index (χ4v) is 5.01. The number of tetrazole rings is 1. The lowest BCUT2D eigenvalue weighted by atomic mass is 9.91. The molecule has 1 aliphatic rings. The maximum Gasteiger partial charge on any atom is 0.416 e. The first-order chi connectivity index (χ1) is 16.8. The van der Waals surface area contributed by atoms with Gasteiger partial charge in [-0.3, -0.25) is 0 Å². The highest BCUT2D eigenvalue weighted by Crippen LogP contribution is 2.44. The Labute approximate surface area is 208 Å². The number of rotatable bonds is 4. The number of nitrogens with zero attached hydrogens (tertiary/aromatic N) is 5. The number of anilines is 2. The highest BCUT2D eigenvalue weighted by atomic mass is 35.5. The maximum absolute atomic E-state index is 13.8. The molecule has 2 heterocycles. The number of hydrogen-bond donors (Lipinski definition) is 1. The second kappa shape index (κ2) is 9.45. The number of hydrogen-bond acceptors (Lipinski definition) is 5. The Morgan fingerprint density at radius 1 is 1.08 bits per heavy atom. The van der Waals surface area contributed by atoms with Crippen molar-refractivity contribution in [3.05, 3.63) is 62.7 Å². The summed E-state index contributed by atoms with van der Waals surface area (Å²) in [5.41, 5.74) is -0.293. The Morgan fingerprint density at radius 2 is 1.81 bits per heavy atom. The van der Waals surface area contributed by atoms with Gasteiger partial charge in [0.2, 0.25) is 0 Å². The second-order valence-electron chi connectivity index (χ2n) is 8.79. The van der Waals surface area contributed by atoms with Crippen molar-refractivity contribution < 1.29 is 26.3 Å². The standard InChI is InChI=1S/C23H23ClF6N6/c1-12-7-17-18(5-4-6-31-20(17)13(2)19(12)23(28,29)30)36(21-32-34-35(3)33-21)11-14-8-15(22(25,26)27)10-16(24)9-14/h7-10,18,31H,4-6,11H2,1-3H3/t18-/m0/s1. The van der Waals surface area contributed by atoms with Gasteiger partial charge in [-0.1, -0.05) is 22.8 Å². The predicted molar refractivity (Wildman–Crippen MR) is 123 cm³/mol. The van der Waals surface area contributed by atoms with E-state index in [0.29, 0.717) is 30.6 Å². The lowest BCUT2D eigenvalue weighted by Crippen LogP contribution is -2.30. The van der Waals surface area contributed by atoms with E-state index in [-0.39, 0.29) is 34.2 Å². The third-order valence-corrected chi connectivity index (χ3v) is 6.39. The van der Waals surface area contributed by atoms with Crippen molar-refractivity contribution in [1.29, 1.82) is 0 Å². The lowest BCUT2D eigenvalue weighted by molar-refractivity contribution is -0.139. The SMILES string of the molecule is Cc1cc2c(c(C)c1C(F)(F)F)NCCC[C@@H]2N(Cc1cc(Cl)cc(C(F)(F)F)c1)c1nnn(C)n1. The molecule has 0 amide bonds. The van der Waals surface area contributed by atoms with Gasteiger partial charge in [-0.25, -0.2) is 0 Å². The van der Waals surface area contributed by atoms with Gasteiger partial charge in [0.15, 0.2) is 0 Å². The van der Waals surface area contributed by atoms with Crippen molar-refractivity contribution in [3.63, 3.8) is 0 Å². The van der Waals surface area contributed by atoms with Crippen LogP contribution in [0, 0.1) is 13.8 Å². The molecule has 0 spiro atoms. The third kappa shape index (κ3) is 5.23. The molecule has 2 aromatic carbocycles. The Bertz CT molecular complexity index is 1270. The minimum Gasteiger partial charge on any atom is -0.385 e. The number of fused-ring (bicyclic) bond motifs is 1. The van der Waals surface area contributed by atoms with Crippen LogP contribution in [0.4, 0.5) is 38.0 Å². The van der Waals surface area contributed by atoms with Crippen LogP contribution in [0.3, 0.4) is 0 Å². The average Bonchev–Trinajstić information content (AvgIpc) is 3.06. The zero-order chi connectivity index (χ0) is 26.4. The Morgan fingerprint density at radius 3 is 2.42 bits per heavy atom. The number of halogens is 7. The molecular formula is C23H23ClF6N6. The molecule has 0 unspecified atom stereocenters. The third-order valence-electron chi connectivity index (χ3n) is 6.17. The van der Waals surface area contributed by atoms with Gasteiger partial charge in [0.25, 0.3) is 5.95 Å². The summed E-state index contributed by atoms with van der Waals surface area (Å²) in [4.78, 5) is 2.87. The topological polar surface area (TPSA) is 58.9 Å². The lowest BCUT2D eigenvalue weighted by Gasteiger charge is -2.32. The van der Waals surface area contributed by atoms with Crippen LogP contribution in [0.5, 0.6) is 0 Å². The molecule has 3 aromatic rings. The molecule has 13 heteroatoms. The minimum atomic E-state index is -4.60. The second-order valence-corrected chi connectivity index (χ2v) is 9.23. The van der Waals surface area contributed by atoms with E-state index in [1.807, 2.05) is 0 Å². The molecule has 0 aliphatic carbocycles. The van der Waals surface area contributed by atoms with Crippen molar-refractivity contribution in [3.8, 4) is 0 Å². The van der Waals surface area contributed by atoms with Crippen molar-refractivity contribution in [2.45, 2.75) is 51.6 Å². The van der Waals surface area contributed by atoms with Gasteiger partial charge in [-0.15, -0.1) is 5.10 Å². The fraction of sp³-hybridized carbons (Fsp3) is 0.435. The number of aryl methyl sites for hydroxylation is 2. The van der Waals surface area contributed by atoms with E-state index in [1.54, 1.807) is 11.9 Å². The van der Waals surface area contributed by atoms with Crippen molar-refractivity contribution >= 4 is 23.2 Å². The quantitative estimate of drug-likeness (QED) is 0.390. The summed E-state index contributed by atoms with van der Waals surface area (Å²) in [5.74, 6) is 0.138. The van der Waals surface area contributed by atoms with Crippen LogP contribution >= 0.6 is 11.6 Å². The first-order valence-electron chi connectivity index (χ1n) is 11.1. The molecule has 1 aliphatic heterocycles. The van der Waals surface area contributed by atoms with E-state index in [1.165, 1.54) is 30.8 Å². The zero-order valence-corrected chi connectivity index (χ0v) is 20.4. The molecule has 1 N–H and O–H groups in total. The van der Waals surface area contributed by atoms with Gasteiger partial charge in [-0.2, -0.15) is 31.1 Å². The summed E-state index contributed by atoms with van der Waals surface area (Å²) in [6.07, 6.45) is -8.04. The molecule has 0 radical (unpaired) electrons. The highest BCUT2D eigenvalue weighted by Gasteiger charge is 2.38. The number of aromatic nitrogens is 4. The summed E-state index contributed by atoms with van der Waals surface area (Å²) in [6, 6.07) is 4.20. The smallest absolute Gasteiger partial charge is 0.385 e. The predicted octanol–water partition coefficient (Wildman–Crippen LogP) is 6.47. The molecule has 1 aromatic heterocycles. The van der Waals surface area contributed by atoms with E-state index < -0.39 is 29.5 Å². The van der Waals surface area contributed by atoms with E-state index in [0.717, 1.165) is 12.1 Å². The van der Waals surface area contributed by atoms with Crippen LogP contribution in [0.25, 0.3) is 0 Å². The van der Waals surface area contributed by atoms with Gasteiger partial charge >= 0.3 is 12.4 Å². The summed E-state index contributed by atoms with van der Waals surface area (Å²) >= 11 is 6.00. The van der Waals surface area contributed by atoms with E-state index in [2.05, 4.69) is 20.7 Å². The van der Waals surface area contributed by atoms with E-state index in [4.69, 9.17) is 11.6 Å². The fourth-order valence-electron chi connectivity index (χ4n) is 4.75. The van der Waals surface area contributed by atoms with E-state index >= 15 is 0 Å². The number of nitrogens with one attached hydrogen (secondary N) is 1. The first kappa shape index (κ1) is 26.1. The summed E-state index contributed by atoms with van der Waals surface area (Å²) in [5, 5.41) is 15.2. The highest BCUT2D eigenvalue weighted by molar-refractivity contribution is 6.30. The molecule has 0 saturated carbocycles. The van der Waals surface area contributed by atoms with Crippen LogP contribution in [0.2, 0.25) is 5.02 Å². The van der Waals surface area contributed by atoms with Gasteiger partial charge < -0.3 is 10.2 Å². The molecular weight excluding hydrogens is 510 g/mol. The minimum absolute atomic E-state index is 0.0571. The normalized spacial score (nSPS) is 16.3. The molecule has 0 saturated heterocycles. The monoisotopic (exact) mass is 532 g/mol. The van der Waals surface area contributed by atoms with Crippen LogP contribution in [-0.2, 0) is 25.9 Å². The first-order valence-corrected chi connectivity index (χ1v) is 11.5. The molecule has 6 nitrogen and oxygen atoms in total. The van der Waals surface area contributed by atoms with Crippen molar-refractivity contribution in [2.75, 3.05) is 16.8 Å². The number of alkyl halides is 6. The summed E-state index contributed by atoms with van der Waals surface area (Å²) in [7, 11) is 1.54. The van der Waals surface area contributed by atoms with Crippen LogP contribution < -0.4 is 10.2 Å². The van der Waals surface area contributed by atoms with Gasteiger partial charge in [-0.05, 0) is 72.4 Å². The van der Waals surface area contributed by atoms with Crippen LogP contribution in [-0.4, -0.2) is 26.8 Å². The largest absolute Gasteiger partial charge is 0.416 e. The van der Waals surface area contributed by atoms with E-state index in [9.17, 15) is 26.3 Å². The Kier molecular flexibility index (Phi) is 6.84. The molecule has 1 atom stereocenters. The summed E-state index contributed by atoms with van der Waals surface area (Å²) in [6.45, 7) is 3.18. The molecule has 36 heavy (non-hydrogen) atoms. The molecule has 4 rings (SSSR count). The average molecular weight is 533 g/mol. The van der Waals surface area contributed by atoms with Crippen LogP contribution in [0.15, 0.2) is 24.3 Å². The number of benzene rings is 2.